The fourth-order valence-corrected chi connectivity index (χ4v) is 5.80. The van der Waals surface area contributed by atoms with Gasteiger partial charge in [0, 0.05) is 37.1 Å². The number of benzene rings is 2. The minimum absolute atomic E-state index is 0.0438. The molecule has 0 radical (unpaired) electrons. The number of sulfonamides is 1. The Bertz CT molecular complexity index is 1220. The number of hydrogen-bond acceptors (Lipinski definition) is 5. The lowest BCUT2D eigenvalue weighted by Crippen LogP contribution is -2.42. The van der Waals surface area contributed by atoms with Gasteiger partial charge in [-0.3, -0.25) is 10.1 Å². The monoisotopic (exact) mass is 441 g/mol. The van der Waals surface area contributed by atoms with E-state index in [4.69, 9.17) is 4.74 Å². The number of nitro benzene ring substituents is 1. The second-order valence-corrected chi connectivity index (χ2v) is 9.21. The third kappa shape index (κ3) is 3.82. The summed E-state index contributed by atoms with van der Waals surface area (Å²) < 4.78 is 36.5. The fraction of sp³-hybridized carbons (Fsp3) is 0.273. The summed E-state index contributed by atoms with van der Waals surface area (Å²) in [6, 6.07) is 14.6. The Morgan fingerprint density at radius 1 is 1.13 bits per heavy atom. The first-order chi connectivity index (χ1) is 14.8. The summed E-state index contributed by atoms with van der Waals surface area (Å²) in [7, 11) is -4.00. The first-order valence-corrected chi connectivity index (χ1v) is 11.4. The molecule has 0 fully saturated rings. The van der Waals surface area contributed by atoms with Gasteiger partial charge in [0.1, 0.15) is 5.75 Å². The van der Waals surface area contributed by atoms with Crippen LogP contribution in [0.5, 0.6) is 5.75 Å². The average Bonchev–Trinajstić information content (AvgIpc) is 3.23. The third-order valence-electron chi connectivity index (χ3n) is 5.47. The maximum absolute atomic E-state index is 13.7. The van der Waals surface area contributed by atoms with Gasteiger partial charge in [0.15, 0.2) is 0 Å². The van der Waals surface area contributed by atoms with E-state index < -0.39 is 21.0 Å². The molecule has 0 amide bonds. The Morgan fingerprint density at radius 3 is 2.55 bits per heavy atom. The molecule has 0 aliphatic carbocycles. The van der Waals surface area contributed by atoms with Crippen molar-refractivity contribution in [3.8, 4) is 5.75 Å². The highest BCUT2D eigenvalue weighted by Gasteiger charge is 2.38. The number of aryl methyl sites for hydroxylation is 1. The lowest BCUT2D eigenvalue weighted by Gasteiger charge is -2.36. The SMILES string of the molecule is CCOc1ccc(C2c3cccn3CCN2S(=O)(=O)c2cc([N+](=O)[O-])ccc2C)cc1. The molecule has 31 heavy (non-hydrogen) atoms. The molecular weight excluding hydrogens is 418 g/mol. The van der Waals surface area contributed by atoms with E-state index in [-0.39, 0.29) is 17.1 Å². The molecule has 0 spiro atoms. The maximum atomic E-state index is 13.7. The van der Waals surface area contributed by atoms with Crippen molar-refractivity contribution in [3.05, 3.63) is 87.7 Å². The Labute approximate surface area is 180 Å². The van der Waals surface area contributed by atoms with Crippen LogP contribution in [0.2, 0.25) is 0 Å². The molecule has 162 valence electrons. The molecule has 4 rings (SSSR count). The van der Waals surface area contributed by atoms with E-state index in [1.165, 1.54) is 16.4 Å². The van der Waals surface area contributed by atoms with Crippen LogP contribution in [0.3, 0.4) is 0 Å². The maximum Gasteiger partial charge on any atom is 0.270 e. The van der Waals surface area contributed by atoms with Crippen LogP contribution in [0.25, 0.3) is 0 Å². The van der Waals surface area contributed by atoms with Gasteiger partial charge in [0.05, 0.1) is 22.5 Å². The third-order valence-corrected chi connectivity index (χ3v) is 7.48. The largest absolute Gasteiger partial charge is 0.494 e. The van der Waals surface area contributed by atoms with Crippen molar-refractivity contribution in [2.45, 2.75) is 31.3 Å². The van der Waals surface area contributed by atoms with Gasteiger partial charge in [-0.15, -0.1) is 0 Å². The Hall–Kier alpha value is -3.17. The van der Waals surface area contributed by atoms with Gasteiger partial charge in [-0.05, 0) is 49.2 Å². The Balaban J connectivity index is 1.82. The number of nitro groups is 1. The summed E-state index contributed by atoms with van der Waals surface area (Å²) in [5.41, 5.74) is 1.87. The van der Waals surface area contributed by atoms with E-state index in [1.54, 1.807) is 6.92 Å². The van der Waals surface area contributed by atoms with E-state index in [9.17, 15) is 18.5 Å². The zero-order valence-electron chi connectivity index (χ0n) is 17.3. The van der Waals surface area contributed by atoms with E-state index in [0.29, 0.717) is 24.5 Å². The summed E-state index contributed by atoms with van der Waals surface area (Å²) in [5.74, 6) is 0.710. The molecule has 1 aliphatic rings. The molecule has 3 aromatic rings. The topological polar surface area (TPSA) is 94.7 Å². The van der Waals surface area contributed by atoms with Gasteiger partial charge in [-0.25, -0.2) is 8.42 Å². The normalized spacial score (nSPS) is 16.6. The van der Waals surface area contributed by atoms with Crippen LogP contribution >= 0.6 is 0 Å². The first-order valence-electron chi connectivity index (χ1n) is 9.97. The van der Waals surface area contributed by atoms with E-state index in [1.807, 2.05) is 54.1 Å². The minimum Gasteiger partial charge on any atom is -0.494 e. The van der Waals surface area contributed by atoms with Crippen LogP contribution in [0.15, 0.2) is 65.7 Å². The van der Waals surface area contributed by atoms with E-state index >= 15 is 0 Å². The quantitative estimate of drug-likeness (QED) is 0.427. The number of ether oxygens (including phenoxy) is 1. The number of nitrogens with zero attached hydrogens (tertiary/aromatic N) is 3. The first kappa shape index (κ1) is 21.1. The molecule has 1 atom stereocenters. The molecule has 2 heterocycles. The van der Waals surface area contributed by atoms with Crippen molar-refractivity contribution in [3.63, 3.8) is 0 Å². The number of fused-ring (bicyclic) bond motifs is 1. The molecule has 0 saturated carbocycles. The summed E-state index contributed by atoms with van der Waals surface area (Å²) in [6.45, 7) is 4.85. The zero-order valence-corrected chi connectivity index (χ0v) is 18.1. The van der Waals surface area contributed by atoms with Gasteiger partial charge in [-0.1, -0.05) is 18.2 Å². The predicted octanol–water partition coefficient (Wildman–Crippen LogP) is 3.90. The standard InChI is InChI=1S/C22H23N3O5S/c1-3-30-19-10-7-17(8-11-19)22-20-5-4-12-23(20)13-14-24(22)31(28,29)21-15-18(25(26)27)9-6-16(21)2/h4-12,15,22H,3,13-14H2,1-2H3. The number of non-ortho nitro benzene ring substituents is 1. The van der Waals surface area contributed by atoms with Crippen molar-refractivity contribution in [1.29, 1.82) is 0 Å². The van der Waals surface area contributed by atoms with Gasteiger partial charge in [0.25, 0.3) is 5.69 Å². The zero-order chi connectivity index (χ0) is 22.2. The average molecular weight is 442 g/mol. The van der Waals surface area contributed by atoms with Crippen molar-refractivity contribution in [2.24, 2.45) is 0 Å². The summed E-state index contributed by atoms with van der Waals surface area (Å²) in [6.07, 6.45) is 1.93. The molecule has 0 bridgehead atoms. The molecule has 2 aromatic carbocycles. The van der Waals surface area contributed by atoms with Gasteiger partial charge in [0.2, 0.25) is 10.0 Å². The highest BCUT2D eigenvalue weighted by atomic mass is 32.2. The molecule has 1 unspecified atom stereocenters. The van der Waals surface area contributed by atoms with Crippen molar-refractivity contribution >= 4 is 15.7 Å². The Morgan fingerprint density at radius 2 is 1.87 bits per heavy atom. The molecule has 0 N–H and O–H groups in total. The van der Waals surface area contributed by atoms with Crippen molar-refractivity contribution in [1.82, 2.24) is 8.87 Å². The molecule has 8 nitrogen and oxygen atoms in total. The van der Waals surface area contributed by atoms with Crippen LogP contribution in [-0.4, -0.2) is 35.4 Å². The molecule has 0 saturated heterocycles. The summed E-state index contributed by atoms with van der Waals surface area (Å²) >= 11 is 0. The molecular formula is C22H23N3O5S. The summed E-state index contributed by atoms with van der Waals surface area (Å²) in [4.78, 5) is 10.6. The molecule has 9 heteroatoms. The summed E-state index contributed by atoms with van der Waals surface area (Å²) in [5, 5.41) is 11.2. The smallest absolute Gasteiger partial charge is 0.270 e. The van der Waals surface area contributed by atoms with Crippen LogP contribution < -0.4 is 4.74 Å². The lowest BCUT2D eigenvalue weighted by atomic mass is 10.0. The van der Waals surface area contributed by atoms with Crippen LogP contribution in [0.1, 0.15) is 29.8 Å². The lowest BCUT2D eigenvalue weighted by molar-refractivity contribution is -0.385. The molecule has 1 aromatic heterocycles. The Kier molecular flexibility index (Phi) is 5.55. The molecule has 1 aliphatic heterocycles. The van der Waals surface area contributed by atoms with Crippen LogP contribution in [0, 0.1) is 17.0 Å². The highest BCUT2D eigenvalue weighted by Crippen LogP contribution is 2.38. The fourth-order valence-electron chi connectivity index (χ4n) is 3.98. The highest BCUT2D eigenvalue weighted by molar-refractivity contribution is 7.89. The second-order valence-electron chi connectivity index (χ2n) is 7.35. The van der Waals surface area contributed by atoms with Crippen molar-refractivity contribution in [2.75, 3.05) is 13.2 Å². The van der Waals surface area contributed by atoms with Crippen LogP contribution in [-0.2, 0) is 16.6 Å². The van der Waals surface area contributed by atoms with Gasteiger partial charge >= 0.3 is 0 Å². The number of aromatic nitrogens is 1. The minimum atomic E-state index is -4.00. The van der Waals surface area contributed by atoms with Gasteiger partial charge < -0.3 is 9.30 Å². The number of hydrogen-bond donors (Lipinski definition) is 0. The second kappa shape index (κ2) is 8.16. The van der Waals surface area contributed by atoms with Crippen LogP contribution in [0.4, 0.5) is 5.69 Å². The van der Waals surface area contributed by atoms with E-state index in [0.717, 1.165) is 17.3 Å². The number of rotatable bonds is 6. The predicted molar refractivity (Wildman–Crippen MR) is 116 cm³/mol. The van der Waals surface area contributed by atoms with Gasteiger partial charge in [-0.2, -0.15) is 4.31 Å². The van der Waals surface area contributed by atoms with E-state index in [2.05, 4.69) is 0 Å². The van der Waals surface area contributed by atoms with Crippen molar-refractivity contribution < 1.29 is 18.1 Å².